The van der Waals surface area contributed by atoms with Crippen LogP contribution in [0.15, 0.2) is 30.6 Å². The molecule has 2 heterocycles. The third-order valence-corrected chi connectivity index (χ3v) is 3.77. The summed E-state index contributed by atoms with van der Waals surface area (Å²) < 4.78 is 46.1. The molecule has 1 aromatic heterocycles. The van der Waals surface area contributed by atoms with Crippen LogP contribution in [0.5, 0.6) is 0 Å². The topological polar surface area (TPSA) is 50.8 Å². The van der Waals surface area contributed by atoms with Crippen molar-refractivity contribution in [3.8, 4) is 17.2 Å². The Labute approximate surface area is 131 Å². The average Bonchev–Trinajstić information content (AvgIpc) is 3.04. The van der Waals surface area contributed by atoms with Crippen LogP contribution in [0.4, 0.5) is 13.2 Å². The number of aromatic nitrogens is 2. The molecule has 0 amide bonds. The van der Waals surface area contributed by atoms with Crippen molar-refractivity contribution in [3.05, 3.63) is 41.7 Å². The van der Waals surface area contributed by atoms with Crippen LogP contribution in [0.2, 0.25) is 0 Å². The summed E-state index contributed by atoms with van der Waals surface area (Å²) in [5, 5.41) is 13.1. The van der Waals surface area contributed by atoms with Gasteiger partial charge in [-0.1, -0.05) is 0 Å². The van der Waals surface area contributed by atoms with Gasteiger partial charge in [-0.05, 0) is 43.0 Å². The maximum Gasteiger partial charge on any atom is 0.416 e. The summed E-state index contributed by atoms with van der Waals surface area (Å²) in [4.78, 5) is 0. The van der Waals surface area contributed by atoms with E-state index in [4.69, 9.17) is 10.00 Å². The van der Waals surface area contributed by atoms with Gasteiger partial charge in [0.2, 0.25) is 0 Å². The summed E-state index contributed by atoms with van der Waals surface area (Å²) in [6.07, 6.45) is 1.34. The fourth-order valence-electron chi connectivity index (χ4n) is 2.60. The normalized spacial score (nSPS) is 18.6. The molecule has 2 aromatic rings. The van der Waals surface area contributed by atoms with Gasteiger partial charge in [0.1, 0.15) is 6.23 Å². The Morgan fingerprint density at radius 1 is 1.22 bits per heavy atom. The fraction of sp³-hybridized carbons (Fsp3) is 0.375. The Morgan fingerprint density at radius 3 is 2.70 bits per heavy atom. The first-order chi connectivity index (χ1) is 11.0. The highest BCUT2D eigenvalue weighted by Crippen LogP contribution is 2.33. The van der Waals surface area contributed by atoms with Crippen LogP contribution in [0.3, 0.4) is 0 Å². The van der Waals surface area contributed by atoms with Gasteiger partial charge in [-0.3, -0.25) is 0 Å². The molecule has 0 saturated carbocycles. The summed E-state index contributed by atoms with van der Waals surface area (Å²) in [6.45, 7) is 0.655. The molecule has 1 fully saturated rings. The standard InChI is InChI=1S/C16H14F3N3O/c17-16(18,19)14-6-11(8-20)5-12(7-14)13-9-21-22(10-13)15-3-1-2-4-23-15/h5-7,9-10,15H,1-4H2. The van der Waals surface area contributed by atoms with E-state index in [9.17, 15) is 13.2 Å². The molecule has 0 aliphatic carbocycles. The monoisotopic (exact) mass is 321 g/mol. The Kier molecular flexibility index (Phi) is 4.09. The maximum atomic E-state index is 12.9. The molecule has 0 N–H and O–H groups in total. The fourth-order valence-corrected chi connectivity index (χ4v) is 2.60. The molecule has 3 rings (SSSR count). The van der Waals surface area contributed by atoms with Gasteiger partial charge < -0.3 is 4.74 Å². The summed E-state index contributed by atoms with van der Waals surface area (Å²) in [7, 11) is 0. The van der Waals surface area contributed by atoms with Crippen molar-refractivity contribution in [2.24, 2.45) is 0 Å². The second-order valence-corrected chi connectivity index (χ2v) is 5.44. The van der Waals surface area contributed by atoms with Gasteiger partial charge in [0.15, 0.2) is 0 Å². The molecule has 1 saturated heterocycles. The minimum atomic E-state index is -4.50. The Morgan fingerprint density at radius 2 is 2.04 bits per heavy atom. The number of nitriles is 1. The molecule has 23 heavy (non-hydrogen) atoms. The number of hydrogen-bond donors (Lipinski definition) is 0. The third-order valence-electron chi connectivity index (χ3n) is 3.77. The van der Waals surface area contributed by atoms with Crippen LogP contribution in [0.25, 0.3) is 11.1 Å². The van der Waals surface area contributed by atoms with Crippen molar-refractivity contribution >= 4 is 0 Å². The predicted molar refractivity (Wildman–Crippen MR) is 76.2 cm³/mol. The van der Waals surface area contributed by atoms with Crippen molar-refractivity contribution in [2.45, 2.75) is 31.7 Å². The molecular weight excluding hydrogens is 307 g/mol. The van der Waals surface area contributed by atoms with Crippen LogP contribution in [-0.2, 0) is 10.9 Å². The van der Waals surface area contributed by atoms with E-state index in [2.05, 4.69) is 5.10 Å². The number of hydrogen-bond acceptors (Lipinski definition) is 3. The van der Waals surface area contributed by atoms with E-state index in [1.165, 1.54) is 12.3 Å². The first-order valence-electron chi connectivity index (χ1n) is 7.26. The van der Waals surface area contributed by atoms with Crippen LogP contribution in [0.1, 0.15) is 36.6 Å². The highest BCUT2D eigenvalue weighted by atomic mass is 19.4. The zero-order valence-electron chi connectivity index (χ0n) is 12.2. The molecule has 0 spiro atoms. The highest BCUT2D eigenvalue weighted by molar-refractivity contribution is 5.65. The lowest BCUT2D eigenvalue weighted by atomic mass is 10.0. The van der Waals surface area contributed by atoms with Crippen molar-refractivity contribution in [1.29, 1.82) is 5.26 Å². The number of benzene rings is 1. The molecule has 0 bridgehead atoms. The highest BCUT2D eigenvalue weighted by Gasteiger charge is 2.31. The Bertz CT molecular complexity index is 740. The van der Waals surface area contributed by atoms with Crippen molar-refractivity contribution < 1.29 is 17.9 Å². The number of alkyl halides is 3. The largest absolute Gasteiger partial charge is 0.416 e. The van der Waals surface area contributed by atoms with Gasteiger partial charge in [0.05, 0.1) is 23.4 Å². The maximum absolute atomic E-state index is 12.9. The van der Waals surface area contributed by atoms with Gasteiger partial charge in [-0.25, -0.2) is 4.68 Å². The van der Waals surface area contributed by atoms with Crippen molar-refractivity contribution in [1.82, 2.24) is 9.78 Å². The van der Waals surface area contributed by atoms with Crippen LogP contribution in [-0.4, -0.2) is 16.4 Å². The van der Waals surface area contributed by atoms with E-state index < -0.39 is 11.7 Å². The number of rotatable bonds is 2. The van der Waals surface area contributed by atoms with Crippen LogP contribution in [0, 0.1) is 11.3 Å². The molecule has 1 aromatic carbocycles. The van der Waals surface area contributed by atoms with Gasteiger partial charge in [0, 0.05) is 18.4 Å². The first kappa shape index (κ1) is 15.6. The van der Waals surface area contributed by atoms with Gasteiger partial charge in [-0.2, -0.15) is 23.5 Å². The second-order valence-electron chi connectivity index (χ2n) is 5.44. The summed E-state index contributed by atoms with van der Waals surface area (Å²) in [6, 6.07) is 5.07. The molecule has 1 atom stereocenters. The lowest BCUT2D eigenvalue weighted by molar-refractivity contribution is -0.137. The predicted octanol–water partition coefficient (Wildman–Crippen LogP) is 4.14. The number of nitrogens with zero attached hydrogens (tertiary/aromatic N) is 3. The zero-order valence-corrected chi connectivity index (χ0v) is 12.2. The minimum absolute atomic E-state index is 0.0310. The lowest BCUT2D eigenvalue weighted by Crippen LogP contribution is -2.18. The van der Waals surface area contributed by atoms with Crippen molar-refractivity contribution in [2.75, 3.05) is 6.61 Å². The summed E-state index contributed by atoms with van der Waals surface area (Å²) >= 11 is 0. The smallest absolute Gasteiger partial charge is 0.357 e. The summed E-state index contributed by atoms with van der Waals surface area (Å²) in [5.74, 6) is 0. The minimum Gasteiger partial charge on any atom is -0.357 e. The molecule has 4 nitrogen and oxygen atoms in total. The number of ether oxygens (including phenoxy) is 1. The number of halogens is 3. The van der Waals surface area contributed by atoms with E-state index in [1.54, 1.807) is 16.9 Å². The molecule has 0 radical (unpaired) electrons. The third kappa shape index (κ3) is 3.37. The van der Waals surface area contributed by atoms with Gasteiger partial charge in [0.25, 0.3) is 0 Å². The molecule has 120 valence electrons. The average molecular weight is 321 g/mol. The Balaban J connectivity index is 1.95. The van der Waals surface area contributed by atoms with E-state index in [-0.39, 0.29) is 11.8 Å². The van der Waals surface area contributed by atoms with Crippen LogP contribution < -0.4 is 0 Å². The van der Waals surface area contributed by atoms with E-state index in [0.29, 0.717) is 17.7 Å². The lowest BCUT2D eigenvalue weighted by Gasteiger charge is -2.22. The molecule has 1 aliphatic rings. The molecule has 1 unspecified atom stereocenters. The summed E-state index contributed by atoms with van der Waals surface area (Å²) in [5.41, 5.74) is -0.0232. The Hall–Kier alpha value is -2.33. The molecular formula is C16H14F3N3O. The quantitative estimate of drug-likeness (QED) is 0.835. The van der Waals surface area contributed by atoms with Gasteiger partial charge >= 0.3 is 6.18 Å². The van der Waals surface area contributed by atoms with Crippen molar-refractivity contribution in [3.63, 3.8) is 0 Å². The zero-order chi connectivity index (χ0) is 16.4. The first-order valence-corrected chi connectivity index (χ1v) is 7.26. The van der Waals surface area contributed by atoms with E-state index >= 15 is 0 Å². The van der Waals surface area contributed by atoms with E-state index in [1.807, 2.05) is 0 Å². The van der Waals surface area contributed by atoms with Crippen LogP contribution >= 0.6 is 0 Å². The SMILES string of the molecule is N#Cc1cc(-c2cnn(C3CCCCO3)c2)cc(C(F)(F)F)c1. The van der Waals surface area contributed by atoms with E-state index in [0.717, 1.165) is 31.4 Å². The molecule has 7 heteroatoms. The second kappa shape index (κ2) is 6.05. The van der Waals surface area contributed by atoms with Gasteiger partial charge in [-0.15, -0.1) is 0 Å². The molecule has 1 aliphatic heterocycles.